The van der Waals surface area contributed by atoms with Crippen LogP contribution in [0, 0.1) is 0 Å². The van der Waals surface area contributed by atoms with E-state index in [4.69, 9.17) is 0 Å². The van der Waals surface area contributed by atoms with Crippen molar-refractivity contribution in [3.05, 3.63) is 5.01 Å². The molecule has 1 aromatic rings. The van der Waals surface area contributed by atoms with E-state index in [9.17, 15) is 8.42 Å². The van der Waals surface area contributed by atoms with Gasteiger partial charge in [0.1, 0.15) is 5.01 Å². The van der Waals surface area contributed by atoms with Crippen molar-refractivity contribution >= 4 is 26.5 Å². The van der Waals surface area contributed by atoms with Crippen LogP contribution in [0.3, 0.4) is 0 Å². The summed E-state index contributed by atoms with van der Waals surface area (Å²) >= 11 is 1.27. The summed E-state index contributed by atoms with van der Waals surface area (Å²) in [7, 11) is -3.22. The number of nitrogens with zero attached hydrogens (tertiary/aromatic N) is 2. The minimum Gasteiger partial charge on any atom is -0.257 e. The summed E-state index contributed by atoms with van der Waals surface area (Å²) in [6.07, 6.45) is 1.36. The maximum Gasteiger partial charge on any atom is 0.234 e. The van der Waals surface area contributed by atoms with Gasteiger partial charge in [-0.05, 0) is 12.8 Å². The van der Waals surface area contributed by atoms with Gasteiger partial charge in [-0.25, -0.2) is 8.42 Å². The van der Waals surface area contributed by atoms with Crippen LogP contribution >= 0.6 is 11.3 Å². The minimum absolute atomic E-state index is 0.119. The third-order valence-electron chi connectivity index (χ3n) is 1.48. The van der Waals surface area contributed by atoms with Crippen LogP contribution in [-0.2, 0) is 16.4 Å². The minimum atomic E-state index is -3.22. The van der Waals surface area contributed by atoms with Crippen LogP contribution in [0.4, 0.5) is 5.13 Å². The van der Waals surface area contributed by atoms with Crippen molar-refractivity contribution in [1.82, 2.24) is 10.2 Å². The van der Waals surface area contributed by atoms with Crippen LogP contribution in [0.2, 0.25) is 0 Å². The van der Waals surface area contributed by atoms with Crippen molar-refractivity contribution < 1.29 is 8.42 Å². The Labute approximate surface area is 87.6 Å². The van der Waals surface area contributed by atoms with Gasteiger partial charge in [0.2, 0.25) is 15.2 Å². The average molecular weight is 235 g/mol. The van der Waals surface area contributed by atoms with E-state index in [0.29, 0.717) is 11.6 Å². The fraction of sp³-hybridized carbons (Fsp3) is 0.714. The molecular formula is C7H13N3O2S2. The second-order valence-corrected chi connectivity index (χ2v) is 5.68. The monoisotopic (exact) mass is 235 g/mol. The second-order valence-electron chi connectivity index (χ2n) is 2.78. The SMILES string of the molecule is CCCS(=O)(=O)Nc1nnc(CC)s1. The number of anilines is 1. The highest BCUT2D eigenvalue weighted by Crippen LogP contribution is 2.16. The smallest absolute Gasteiger partial charge is 0.234 e. The summed E-state index contributed by atoms with van der Waals surface area (Å²) in [6.45, 7) is 3.77. The van der Waals surface area contributed by atoms with Crippen LogP contribution < -0.4 is 4.72 Å². The number of aryl methyl sites for hydroxylation is 1. The molecule has 1 heterocycles. The Kier molecular flexibility index (Phi) is 3.82. The van der Waals surface area contributed by atoms with Crippen molar-refractivity contribution in [2.75, 3.05) is 10.5 Å². The lowest BCUT2D eigenvalue weighted by Crippen LogP contribution is -2.15. The highest BCUT2D eigenvalue weighted by atomic mass is 32.2. The Morgan fingerprint density at radius 1 is 1.36 bits per heavy atom. The standard InChI is InChI=1S/C7H13N3O2S2/c1-3-5-14(11,12)10-7-9-8-6(4-2)13-7/h3-5H2,1-2H3,(H,9,10). The summed E-state index contributed by atoms with van der Waals surface area (Å²) < 4.78 is 25.0. The van der Waals surface area contributed by atoms with Gasteiger partial charge in [-0.2, -0.15) is 0 Å². The van der Waals surface area contributed by atoms with E-state index in [0.717, 1.165) is 11.4 Å². The molecule has 0 aliphatic heterocycles. The zero-order chi connectivity index (χ0) is 10.6. The number of sulfonamides is 1. The first-order valence-corrected chi connectivity index (χ1v) is 6.87. The van der Waals surface area contributed by atoms with E-state index in [1.165, 1.54) is 11.3 Å². The largest absolute Gasteiger partial charge is 0.257 e. The van der Waals surface area contributed by atoms with Crippen LogP contribution in [-0.4, -0.2) is 24.4 Å². The zero-order valence-corrected chi connectivity index (χ0v) is 9.78. The molecule has 0 radical (unpaired) electrons. The molecule has 0 saturated heterocycles. The molecule has 0 atom stereocenters. The van der Waals surface area contributed by atoms with Gasteiger partial charge in [-0.15, -0.1) is 10.2 Å². The van der Waals surface area contributed by atoms with Gasteiger partial charge in [0.25, 0.3) is 0 Å². The van der Waals surface area contributed by atoms with E-state index in [2.05, 4.69) is 14.9 Å². The Morgan fingerprint density at radius 2 is 2.07 bits per heavy atom. The van der Waals surface area contributed by atoms with Gasteiger partial charge >= 0.3 is 0 Å². The molecule has 1 N–H and O–H groups in total. The van der Waals surface area contributed by atoms with Crippen LogP contribution in [0.1, 0.15) is 25.3 Å². The average Bonchev–Trinajstić information content (AvgIpc) is 2.51. The maximum atomic E-state index is 11.3. The van der Waals surface area contributed by atoms with Gasteiger partial charge in [0.15, 0.2) is 0 Å². The third kappa shape index (κ3) is 3.22. The number of hydrogen-bond acceptors (Lipinski definition) is 5. The van der Waals surface area contributed by atoms with Gasteiger partial charge in [-0.1, -0.05) is 25.2 Å². The van der Waals surface area contributed by atoms with E-state index < -0.39 is 10.0 Å². The topological polar surface area (TPSA) is 72.0 Å². The number of rotatable bonds is 5. The van der Waals surface area contributed by atoms with Crippen molar-refractivity contribution in [2.24, 2.45) is 0 Å². The first-order chi connectivity index (χ1) is 6.57. The molecule has 1 aromatic heterocycles. The van der Waals surface area contributed by atoms with Crippen molar-refractivity contribution in [3.63, 3.8) is 0 Å². The first kappa shape index (κ1) is 11.4. The normalized spacial score (nSPS) is 11.6. The Balaban J connectivity index is 2.69. The number of aromatic nitrogens is 2. The lowest BCUT2D eigenvalue weighted by atomic mass is 10.5. The molecule has 14 heavy (non-hydrogen) atoms. The van der Waals surface area contributed by atoms with Gasteiger partial charge in [-0.3, -0.25) is 4.72 Å². The number of hydrogen-bond donors (Lipinski definition) is 1. The molecule has 0 bridgehead atoms. The molecule has 5 nitrogen and oxygen atoms in total. The molecule has 0 aliphatic carbocycles. The van der Waals surface area contributed by atoms with Gasteiger partial charge in [0.05, 0.1) is 5.75 Å². The second kappa shape index (κ2) is 4.70. The zero-order valence-electron chi connectivity index (χ0n) is 8.15. The summed E-state index contributed by atoms with van der Waals surface area (Å²) in [4.78, 5) is 0. The van der Waals surface area contributed by atoms with Crippen LogP contribution in [0.15, 0.2) is 0 Å². The van der Waals surface area contributed by atoms with Crippen molar-refractivity contribution in [3.8, 4) is 0 Å². The van der Waals surface area contributed by atoms with E-state index in [1.807, 2.05) is 13.8 Å². The summed E-state index contributed by atoms with van der Waals surface area (Å²) in [6, 6.07) is 0. The van der Waals surface area contributed by atoms with Crippen molar-refractivity contribution in [2.45, 2.75) is 26.7 Å². The molecule has 0 unspecified atom stereocenters. The predicted octanol–water partition coefficient (Wildman–Crippen LogP) is 1.25. The summed E-state index contributed by atoms with van der Waals surface area (Å²) in [5.74, 6) is 0.119. The van der Waals surface area contributed by atoms with Crippen LogP contribution in [0.5, 0.6) is 0 Å². The lowest BCUT2D eigenvalue weighted by molar-refractivity contribution is 0.600. The summed E-state index contributed by atoms with van der Waals surface area (Å²) in [5, 5.41) is 8.74. The Bertz CT molecular complexity index is 385. The molecule has 0 aromatic carbocycles. The Hall–Kier alpha value is -0.690. The first-order valence-electron chi connectivity index (χ1n) is 4.40. The predicted molar refractivity (Wildman–Crippen MR) is 57.0 cm³/mol. The quantitative estimate of drug-likeness (QED) is 0.833. The highest BCUT2D eigenvalue weighted by molar-refractivity contribution is 7.92. The molecule has 7 heteroatoms. The maximum absolute atomic E-state index is 11.3. The molecule has 0 amide bonds. The third-order valence-corrected chi connectivity index (χ3v) is 4.05. The van der Waals surface area contributed by atoms with Crippen LogP contribution in [0.25, 0.3) is 0 Å². The fourth-order valence-electron chi connectivity index (χ4n) is 0.891. The number of nitrogens with one attached hydrogen (secondary N) is 1. The lowest BCUT2D eigenvalue weighted by Gasteiger charge is -2.00. The highest BCUT2D eigenvalue weighted by Gasteiger charge is 2.11. The van der Waals surface area contributed by atoms with E-state index in [1.54, 1.807) is 0 Å². The molecule has 1 rings (SSSR count). The van der Waals surface area contributed by atoms with Crippen molar-refractivity contribution in [1.29, 1.82) is 0 Å². The molecule has 0 aliphatic rings. The van der Waals surface area contributed by atoms with E-state index in [-0.39, 0.29) is 5.75 Å². The van der Waals surface area contributed by atoms with Gasteiger partial charge in [0, 0.05) is 0 Å². The summed E-state index contributed by atoms with van der Waals surface area (Å²) in [5.41, 5.74) is 0. The Morgan fingerprint density at radius 3 is 2.57 bits per heavy atom. The fourth-order valence-corrected chi connectivity index (χ4v) is 2.92. The molecule has 0 saturated carbocycles. The molecule has 0 fully saturated rings. The van der Waals surface area contributed by atoms with E-state index >= 15 is 0 Å². The molecule has 0 spiro atoms. The molecular weight excluding hydrogens is 222 g/mol. The molecule has 80 valence electrons. The van der Waals surface area contributed by atoms with Gasteiger partial charge < -0.3 is 0 Å².